The van der Waals surface area contributed by atoms with Crippen LogP contribution in [0, 0.1) is 0 Å². The maximum atomic E-state index is 12.6. The quantitative estimate of drug-likeness (QED) is 0.613. The van der Waals surface area contributed by atoms with Crippen LogP contribution in [-0.4, -0.2) is 24.7 Å². The average Bonchev–Trinajstić information content (AvgIpc) is 2.74. The molecule has 6 nitrogen and oxygen atoms in total. The van der Waals surface area contributed by atoms with Gasteiger partial charge in [0.25, 0.3) is 11.8 Å². The smallest absolute Gasteiger partial charge is 0.255 e. The number of nitrogens with one attached hydrogen (secondary N) is 2. The minimum atomic E-state index is -0.371. The van der Waals surface area contributed by atoms with Gasteiger partial charge in [-0.25, -0.2) is 0 Å². The van der Waals surface area contributed by atoms with E-state index in [1.807, 2.05) is 0 Å². The van der Waals surface area contributed by atoms with Gasteiger partial charge in [-0.05, 0) is 61.5 Å². The fourth-order valence-electron chi connectivity index (χ4n) is 2.70. The maximum absolute atomic E-state index is 12.6. The lowest BCUT2D eigenvalue weighted by atomic mass is 10.1. The van der Waals surface area contributed by atoms with E-state index in [1.54, 1.807) is 73.8 Å². The van der Waals surface area contributed by atoms with Crippen molar-refractivity contribution in [2.45, 2.75) is 6.92 Å². The predicted molar refractivity (Wildman–Crippen MR) is 112 cm³/mol. The number of ketones is 1. The van der Waals surface area contributed by atoms with E-state index in [0.29, 0.717) is 33.8 Å². The van der Waals surface area contributed by atoms with E-state index in [2.05, 4.69) is 10.6 Å². The van der Waals surface area contributed by atoms with Crippen molar-refractivity contribution >= 4 is 29.0 Å². The average molecular weight is 388 g/mol. The summed E-state index contributed by atoms with van der Waals surface area (Å²) in [6.45, 7) is 1.46. The molecular formula is C23H20N2O4. The van der Waals surface area contributed by atoms with Crippen LogP contribution in [0.5, 0.6) is 5.75 Å². The molecule has 0 unspecified atom stereocenters. The highest BCUT2D eigenvalue weighted by Gasteiger charge is 2.12. The molecule has 0 saturated carbocycles. The van der Waals surface area contributed by atoms with Crippen LogP contribution in [0.4, 0.5) is 11.4 Å². The SMILES string of the molecule is COc1ccc(NC(=O)c2cccc(C(=O)Nc3cccc(C(C)=O)c3)c2)cc1. The Morgan fingerprint density at radius 1 is 0.690 bits per heavy atom. The molecule has 0 radical (unpaired) electrons. The van der Waals surface area contributed by atoms with Gasteiger partial charge in [-0.2, -0.15) is 0 Å². The van der Waals surface area contributed by atoms with Crippen molar-refractivity contribution in [1.82, 2.24) is 0 Å². The van der Waals surface area contributed by atoms with Gasteiger partial charge >= 0.3 is 0 Å². The van der Waals surface area contributed by atoms with Crippen molar-refractivity contribution < 1.29 is 19.1 Å². The lowest BCUT2D eigenvalue weighted by molar-refractivity contribution is 0.100. The number of ether oxygens (including phenoxy) is 1. The number of benzene rings is 3. The maximum Gasteiger partial charge on any atom is 0.255 e. The number of rotatable bonds is 6. The van der Waals surface area contributed by atoms with Gasteiger partial charge in [-0.1, -0.05) is 18.2 Å². The number of hydrogen-bond acceptors (Lipinski definition) is 4. The van der Waals surface area contributed by atoms with E-state index in [-0.39, 0.29) is 17.6 Å². The molecule has 0 saturated heterocycles. The fourth-order valence-corrected chi connectivity index (χ4v) is 2.70. The van der Waals surface area contributed by atoms with Crippen molar-refractivity contribution in [3.63, 3.8) is 0 Å². The van der Waals surface area contributed by atoms with Crippen LogP contribution in [-0.2, 0) is 0 Å². The number of methoxy groups -OCH3 is 1. The first kappa shape index (κ1) is 19.8. The molecule has 0 aliphatic rings. The van der Waals surface area contributed by atoms with Crippen LogP contribution in [0.25, 0.3) is 0 Å². The third-order valence-corrected chi connectivity index (χ3v) is 4.26. The van der Waals surface area contributed by atoms with E-state index in [1.165, 1.54) is 13.0 Å². The zero-order valence-corrected chi connectivity index (χ0v) is 16.1. The molecule has 2 N–H and O–H groups in total. The Bertz CT molecular complexity index is 1060. The summed E-state index contributed by atoms with van der Waals surface area (Å²) in [4.78, 5) is 36.6. The Balaban J connectivity index is 1.72. The molecule has 0 bridgehead atoms. The minimum Gasteiger partial charge on any atom is -0.497 e. The molecule has 0 fully saturated rings. The van der Waals surface area contributed by atoms with Gasteiger partial charge < -0.3 is 15.4 Å². The Kier molecular flexibility index (Phi) is 6.04. The van der Waals surface area contributed by atoms with Gasteiger partial charge in [0.1, 0.15) is 5.75 Å². The summed E-state index contributed by atoms with van der Waals surface area (Å²) in [5, 5.41) is 5.53. The van der Waals surface area contributed by atoms with Crippen LogP contribution in [0.3, 0.4) is 0 Å². The van der Waals surface area contributed by atoms with E-state index < -0.39 is 0 Å². The number of Topliss-reactive ketones (excluding diaryl/α,β-unsaturated/α-hetero) is 1. The van der Waals surface area contributed by atoms with Crippen LogP contribution in [0.1, 0.15) is 38.0 Å². The molecule has 0 aliphatic carbocycles. The summed E-state index contributed by atoms with van der Waals surface area (Å²) in [6.07, 6.45) is 0. The van der Waals surface area contributed by atoms with E-state index in [9.17, 15) is 14.4 Å². The third-order valence-electron chi connectivity index (χ3n) is 4.26. The largest absolute Gasteiger partial charge is 0.497 e. The first-order valence-corrected chi connectivity index (χ1v) is 8.94. The molecule has 3 rings (SSSR count). The molecule has 2 amide bonds. The van der Waals surface area contributed by atoms with Crippen molar-refractivity contribution in [3.05, 3.63) is 89.5 Å². The fraction of sp³-hybridized carbons (Fsp3) is 0.0870. The number of amides is 2. The first-order valence-electron chi connectivity index (χ1n) is 8.94. The zero-order chi connectivity index (χ0) is 20.8. The molecule has 6 heteroatoms. The number of carbonyl (C=O) groups is 3. The normalized spacial score (nSPS) is 10.1. The first-order chi connectivity index (χ1) is 14.0. The minimum absolute atomic E-state index is 0.0849. The summed E-state index contributed by atoms with van der Waals surface area (Å²) in [6, 6.07) is 20.1. The molecule has 0 aliphatic heterocycles. The monoisotopic (exact) mass is 388 g/mol. The second-order valence-corrected chi connectivity index (χ2v) is 6.35. The predicted octanol–water partition coefficient (Wildman–Crippen LogP) is 4.40. The molecule has 3 aromatic carbocycles. The van der Waals surface area contributed by atoms with Crippen LogP contribution in [0.15, 0.2) is 72.8 Å². The lowest BCUT2D eigenvalue weighted by Gasteiger charge is -2.09. The van der Waals surface area contributed by atoms with Crippen LogP contribution >= 0.6 is 0 Å². The Morgan fingerprint density at radius 3 is 1.83 bits per heavy atom. The van der Waals surface area contributed by atoms with Gasteiger partial charge in [0.2, 0.25) is 0 Å². The van der Waals surface area contributed by atoms with Crippen molar-refractivity contribution in [2.75, 3.05) is 17.7 Å². The summed E-state index contributed by atoms with van der Waals surface area (Å²) in [5.41, 5.74) is 2.32. The third kappa shape index (κ3) is 5.07. The molecular weight excluding hydrogens is 368 g/mol. The summed E-state index contributed by atoms with van der Waals surface area (Å²) in [5.74, 6) is -0.0954. The number of anilines is 2. The standard InChI is InChI=1S/C23H20N2O4/c1-15(26)16-5-4-8-20(14-16)25-23(28)18-7-3-6-17(13-18)22(27)24-19-9-11-21(29-2)12-10-19/h3-14H,1-2H3,(H,24,27)(H,25,28). The molecule has 146 valence electrons. The van der Waals surface area contributed by atoms with Crippen LogP contribution in [0.2, 0.25) is 0 Å². The molecule has 0 heterocycles. The summed E-state index contributed by atoms with van der Waals surface area (Å²) < 4.78 is 5.09. The van der Waals surface area contributed by atoms with Gasteiger partial charge in [0, 0.05) is 28.1 Å². The Morgan fingerprint density at radius 2 is 1.24 bits per heavy atom. The second kappa shape index (κ2) is 8.84. The highest BCUT2D eigenvalue weighted by molar-refractivity contribution is 6.09. The summed E-state index contributed by atoms with van der Waals surface area (Å²) >= 11 is 0. The Labute approximate surface area is 168 Å². The lowest BCUT2D eigenvalue weighted by Crippen LogP contribution is -2.15. The van der Waals surface area contributed by atoms with E-state index >= 15 is 0 Å². The van der Waals surface area contributed by atoms with Gasteiger partial charge in [0.05, 0.1) is 7.11 Å². The summed E-state index contributed by atoms with van der Waals surface area (Å²) in [7, 11) is 1.57. The molecule has 29 heavy (non-hydrogen) atoms. The van der Waals surface area contributed by atoms with Crippen LogP contribution < -0.4 is 15.4 Å². The molecule has 0 aromatic heterocycles. The highest BCUT2D eigenvalue weighted by Crippen LogP contribution is 2.17. The molecule has 0 atom stereocenters. The van der Waals surface area contributed by atoms with E-state index in [0.717, 1.165) is 0 Å². The highest BCUT2D eigenvalue weighted by atomic mass is 16.5. The van der Waals surface area contributed by atoms with Crippen molar-refractivity contribution in [3.8, 4) is 5.75 Å². The second-order valence-electron chi connectivity index (χ2n) is 6.35. The van der Waals surface area contributed by atoms with Crippen molar-refractivity contribution in [1.29, 1.82) is 0 Å². The number of hydrogen-bond donors (Lipinski definition) is 2. The Hall–Kier alpha value is -3.93. The van der Waals surface area contributed by atoms with Gasteiger partial charge in [-0.15, -0.1) is 0 Å². The van der Waals surface area contributed by atoms with E-state index in [4.69, 9.17) is 4.74 Å². The molecule has 0 spiro atoms. The molecule has 3 aromatic rings. The zero-order valence-electron chi connectivity index (χ0n) is 16.1. The topological polar surface area (TPSA) is 84.5 Å². The van der Waals surface area contributed by atoms with Crippen molar-refractivity contribution in [2.24, 2.45) is 0 Å². The van der Waals surface area contributed by atoms with Gasteiger partial charge in [-0.3, -0.25) is 14.4 Å². The van der Waals surface area contributed by atoms with Gasteiger partial charge in [0.15, 0.2) is 5.78 Å². The number of carbonyl (C=O) groups excluding carboxylic acids is 3.